The number of hydrogen-bond donors (Lipinski definition) is 1. The first-order chi connectivity index (χ1) is 5.70. The van der Waals surface area contributed by atoms with Gasteiger partial charge in [0.05, 0.1) is 12.8 Å². The van der Waals surface area contributed by atoms with Crippen molar-refractivity contribution < 1.29 is 4.74 Å². The smallest absolute Gasteiger partial charge is 0.138 e. The van der Waals surface area contributed by atoms with E-state index in [2.05, 4.69) is 15.9 Å². The number of nitrogen functional groups attached to an aromatic ring is 1. The Morgan fingerprint density at radius 1 is 1.58 bits per heavy atom. The summed E-state index contributed by atoms with van der Waals surface area (Å²) < 4.78 is 5.66. The third-order valence-electron chi connectivity index (χ3n) is 1.49. The Balaban J connectivity index is 3.38. The van der Waals surface area contributed by atoms with E-state index in [1.165, 1.54) is 7.11 Å². The summed E-state index contributed by atoms with van der Waals surface area (Å²) in [6, 6.07) is 5.41. The highest BCUT2D eigenvalue weighted by molar-refractivity contribution is 9.10. The van der Waals surface area contributed by atoms with Gasteiger partial charge in [-0.25, -0.2) is 0 Å². The van der Waals surface area contributed by atoms with Gasteiger partial charge in [0.15, 0.2) is 0 Å². The number of hydrogen-bond acceptors (Lipinski definition) is 3. The van der Waals surface area contributed by atoms with Crippen molar-refractivity contribution >= 4 is 21.6 Å². The molecule has 1 aromatic carbocycles. The van der Waals surface area contributed by atoms with Gasteiger partial charge in [0.25, 0.3) is 0 Å². The zero-order chi connectivity index (χ0) is 9.14. The second-order valence-corrected chi connectivity index (χ2v) is 3.00. The van der Waals surface area contributed by atoms with Crippen LogP contribution in [0.3, 0.4) is 0 Å². The van der Waals surface area contributed by atoms with Crippen molar-refractivity contribution in [2.24, 2.45) is 0 Å². The van der Waals surface area contributed by atoms with Gasteiger partial charge in [-0.05, 0) is 28.1 Å². The molecule has 0 unspecified atom stereocenters. The quantitative estimate of drug-likeness (QED) is 0.745. The van der Waals surface area contributed by atoms with Crippen molar-refractivity contribution in [1.29, 1.82) is 5.26 Å². The van der Waals surface area contributed by atoms with Crippen LogP contribution in [0.15, 0.2) is 16.6 Å². The second kappa shape index (κ2) is 3.46. The molecule has 0 atom stereocenters. The van der Waals surface area contributed by atoms with Gasteiger partial charge in [-0.1, -0.05) is 0 Å². The molecule has 0 aliphatic carbocycles. The summed E-state index contributed by atoms with van der Waals surface area (Å²) in [5, 5.41) is 8.72. The average molecular weight is 227 g/mol. The zero-order valence-corrected chi connectivity index (χ0v) is 8.05. The van der Waals surface area contributed by atoms with E-state index in [1.54, 1.807) is 12.1 Å². The van der Waals surface area contributed by atoms with Crippen LogP contribution in [0.5, 0.6) is 5.75 Å². The number of anilines is 1. The van der Waals surface area contributed by atoms with Crippen LogP contribution >= 0.6 is 15.9 Å². The normalized spacial score (nSPS) is 9.08. The van der Waals surface area contributed by atoms with E-state index in [9.17, 15) is 0 Å². The molecule has 0 fully saturated rings. The van der Waals surface area contributed by atoms with Crippen molar-refractivity contribution in [2.75, 3.05) is 12.8 Å². The van der Waals surface area contributed by atoms with E-state index in [0.29, 0.717) is 21.5 Å². The molecule has 2 N–H and O–H groups in total. The minimum Gasteiger partial charge on any atom is -0.495 e. The summed E-state index contributed by atoms with van der Waals surface area (Å²) in [6.07, 6.45) is 0. The fourth-order valence-corrected chi connectivity index (χ4v) is 1.19. The first-order valence-electron chi connectivity index (χ1n) is 3.22. The van der Waals surface area contributed by atoms with Crippen molar-refractivity contribution in [2.45, 2.75) is 0 Å². The lowest BCUT2D eigenvalue weighted by Crippen LogP contribution is -1.95. The molecular formula is C8H7BrN2O. The lowest BCUT2D eigenvalue weighted by Gasteiger charge is -2.05. The molecule has 0 aliphatic heterocycles. The van der Waals surface area contributed by atoms with Crippen LogP contribution in [0.2, 0.25) is 0 Å². The van der Waals surface area contributed by atoms with Crippen LogP contribution < -0.4 is 10.5 Å². The summed E-state index contributed by atoms with van der Waals surface area (Å²) in [5.74, 6) is 0.498. The van der Waals surface area contributed by atoms with Gasteiger partial charge >= 0.3 is 0 Å². The van der Waals surface area contributed by atoms with Crippen LogP contribution in [0, 0.1) is 11.3 Å². The minimum atomic E-state index is 0.367. The minimum absolute atomic E-state index is 0.367. The molecule has 4 heteroatoms. The molecule has 1 rings (SSSR count). The molecular weight excluding hydrogens is 220 g/mol. The van der Waals surface area contributed by atoms with Gasteiger partial charge in [0.2, 0.25) is 0 Å². The zero-order valence-electron chi connectivity index (χ0n) is 6.47. The van der Waals surface area contributed by atoms with E-state index in [1.807, 2.05) is 6.07 Å². The number of benzene rings is 1. The monoisotopic (exact) mass is 226 g/mol. The predicted octanol–water partition coefficient (Wildman–Crippen LogP) is 1.91. The number of nitrogens with zero attached hydrogens (tertiary/aromatic N) is 1. The Morgan fingerprint density at radius 2 is 2.25 bits per heavy atom. The van der Waals surface area contributed by atoms with E-state index in [4.69, 9.17) is 15.7 Å². The number of ether oxygens (including phenoxy) is 1. The molecule has 0 bridgehead atoms. The summed E-state index contributed by atoms with van der Waals surface area (Å²) >= 11 is 3.22. The fourth-order valence-electron chi connectivity index (χ4n) is 0.860. The number of nitrogens with two attached hydrogens (primary N) is 1. The average Bonchev–Trinajstić information content (AvgIpc) is 2.09. The number of nitriles is 1. The summed E-state index contributed by atoms with van der Waals surface area (Å²) in [5.41, 5.74) is 6.40. The molecule has 12 heavy (non-hydrogen) atoms. The standard InChI is InChI=1S/C8H7BrN2O/c1-12-7-3-2-6(9)8(11)5(7)4-10/h2-3H,11H2,1H3. The first-order valence-corrected chi connectivity index (χ1v) is 4.02. The maximum atomic E-state index is 8.72. The van der Waals surface area contributed by atoms with Gasteiger partial charge in [0.1, 0.15) is 17.4 Å². The highest BCUT2D eigenvalue weighted by atomic mass is 79.9. The Bertz CT molecular complexity index is 344. The number of halogens is 1. The van der Waals surface area contributed by atoms with Gasteiger partial charge in [0, 0.05) is 4.47 Å². The third kappa shape index (κ3) is 1.36. The topological polar surface area (TPSA) is 59.0 Å². The van der Waals surface area contributed by atoms with Crippen molar-refractivity contribution in [3.63, 3.8) is 0 Å². The highest BCUT2D eigenvalue weighted by Crippen LogP contribution is 2.30. The van der Waals surface area contributed by atoms with Crippen LogP contribution in [0.1, 0.15) is 5.56 Å². The third-order valence-corrected chi connectivity index (χ3v) is 2.18. The molecule has 0 saturated carbocycles. The Labute approximate surface area is 78.9 Å². The lowest BCUT2D eigenvalue weighted by atomic mass is 10.2. The molecule has 0 aliphatic rings. The number of rotatable bonds is 1. The van der Waals surface area contributed by atoms with Gasteiger partial charge in [-0.3, -0.25) is 0 Å². The van der Waals surface area contributed by atoms with E-state index in [0.717, 1.165) is 0 Å². The lowest BCUT2D eigenvalue weighted by molar-refractivity contribution is 0.413. The summed E-state index contributed by atoms with van der Waals surface area (Å²) in [4.78, 5) is 0. The molecule has 0 saturated heterocycles. The van der Waals surface area contributed by atoms with Crippen LogP contribution in [-0.4, -0.2) is 7.11 Å². The summed E-state index contributed by atoms with van der Waals surface area (Å²) in [7, 11) is 1.50. The first kappa shape index (κ1) is 8.88. The van der Waals surface area contributed by atoms with Gasteiger partial charge < -0.3 is 10.5 Å². The fraction of sp³-hybridized carbons (Fsp3) is 0.125. The molecule has 62 valence electrons. The molecule has 0 amide bonds. The Kier molecular flexibility index (Phi) is 2.56. The van der Waals surface area contributed by atoms with E-state index < -0.39 is 0 Å². The van der Waals surface area contributed by atoms with Crippen molar-refractivity contribution in [3.05, 3.63) is 22.2 Å². The molecule has 0 aromatic heterocycles. The molecule has 0 radical (unpaired) electrons. The Hall–Kier alpha value is -1.21. The molecule has 0 heterocycles. The molecule has 0 spiro atoms. The SMILES string of the molecule is COc1ccc(Br)c(N)c1C#N. The maximum Gasteiger partial charge on any atom is 0.138 e. The Morgan fingerprint density at radius 3 is 2.75 bits per heavy atom. The van der Waals surface area contributed by atoms with Crippen LogP contribution in [-0.2, 0) is 0 Å². The van der Waals surface area contributed by atoms with Crippen molar-refractivity contribution in [1.82, 2.24) is 0 Å². The number of methoxy groups -OCH3 is 1. The largest absolute Gasteiger partial charge is 0.495 e. The maximum absolute atomic E-state index is 8.72. The van der Waals surface area contributed by atoms with E-state index in [-0.39, 0.29) is 0 Å². The molecule has 1 aromatic rings. The van der Waals surface area contributed by atoms with Crippen molar-refractivity contribution in [3.8, 4) is 11.8 Å². The highest BCUT2D eigenvalue weighted by Gasteiger charge is 2.08. The van der Waals surface area contributed by atoms with Crippen LogP contribution in [0.25, 0.3) is 0 Å². The second-order valence-electron chi connectivity index (χ2n) is 2.15. The van der Waals surface area contributed by atoms with Crippen LogP contribution in [0.4, 0.5) is 5.69 Å². The van der Waals surface area contributed by atoms with E-state index >= 15 is 0 Å². The molecule has 3 nitrogen and oxygen atoms in total. The van der Waals surface area contributed by atoms with Gasteiger partial charge in [-0.15, -0.1) is 0 Å². The summed E-state index contributed by atoms with van der Waals surface area (Å²) in [6.45, 7) is 0. The predicted molar refractivity (Wildman–Crippen MR) is 49.8 cm³/mol. The van der Waals surface area contributed by atoms with Gasteiger partial charge in [-0.2, -0.15) is 5.26 Å².